The Labute approximate surface area is 125 Å². The van der Waals surface area contributed by atoms with E-state index in [0.29, 0.717) is 5.82 Å². The molecule has 21 heavy (non-hydrogen) atoms. The van der Waals surface area contributed by atoms with E-state index in [1.54, 1.807) is 24.3 Å². The number of nitrogens with zero attached hydrogens (tertiary/aromatic N) is 1. The highest BCUT2D eigenvalue weighted by molar-refractivity contribution is 7.92. The molecule has 0 saturated heterocycles. The molecule has 2 aromatic rings. The minimum absolute atomic E-state index is 0.235. The van der Waals surface area contributed by atoms with Crippen LogP contribution in [0.4, 0.5) is 5.82 Å². The summed E-state index contributed by atoms with van der Waals surface area (Å²) in [5.41, 5.74) is 1.86. The lowest BCUT2D eigenvalue weighted by Crippen LogP contribution is -2.14. The van der Waals surface area contributed by atoms with Crippen LogP contribution >= 0.6 is 0 Å². The molecule has 5 nitrogen and oxygen atoms in total. The molecule has 0 aliphatic heterocycles. The van der Waals surface area contributed by atoms with E-state index >= 15 is 0 Å². The van der Waals surface area contributed by atoms with E-state index in [1.807, 2.05) is 32.2 Å². The number of hydrogen-bond acceptors (Lipinski definition) is 4. The summed E-state index contributed by atoms with van der Waals surface area (Å²) in [5, 5.41) is 3.06. The molecule has 2 N–H and O–H groups in total. The average molecular weight is 305 g/mol. The molecule has 0 aliphatic carbocycles. The Morgan fingerprint density at radius 3 is 2.43 bits per heavy atom. The van der Waals surface area contributed by atoms with Gasteiger partial charge in [0.05, 0.1) is 4.90 Å². The number of likely N-dealkylation sites (N-methyl/N-ethyl adjacent to an activating group) is 1. The molecule has 0 fully saturated rings. The lowest BCUT2D eigenvalue weighted by Gasteiger charge is -2.08. The van der Waals surface area contributed by atoms with Crippen LogP contribution in [0, 0.1) is 6.92 Å². The second-order valence-corrected chi connectivity index (χ2v) is 6.45. The minimum atomic E-state index is -3.60. The molecule has 0 atom stereocenters. The second-order valence-electron chi connectivity index (χ2n) is 4.77. The van der Waals surface area contributed by atoms with Crippen LogP contribution in [0.2, 0.25) is 0 Å². The summed E-state index contributed by atoms with van der Waals surface area (Å²) in [5.74, 6) is 0.328. The van der Waals surface area contributed by atoms with Crippen LogP contribution in [0.15, 0.2) is 47.4 Å². The van der Waals surface area contributed by atoms with Crippen LogP contribution in [0.25, 0.3) is 0 Å². The zero-order valence-corrected chi connectivity index (χ0v) is 12.9. The molecule has 112 valence electrons. The van der Waals surface area contributed by atoms with Gasteiger partial charge >= 0.3 is 0 Å². The number of rotatable bonds is 6. The van der Waals surface area contributed by atoms with Gasteiger partial charge in [-0.15, -0.1) is 0 Å². The van der Waals surface area contributed by atoms with Crippen molar-refractivity contribution in [2.75, 3.05) is 18.3 Å². The van der Waals surface area contributed by atoms with E-state index < -0.39 is 10.0 Å². The summed E-state index contributed by atoms with van der Waals surface area (Å²) < 4.78 is 27.0. The normalized spacial score (nSPS) is 11.3. The molecule has 0 unspecified atom stereocenters. The Balaban J connectivity index is 2.15. The lowest BCUT2D eigenvalue weighted by molar-refractivity contribution is 0.601. The summed E-state index contributed by atoms with van der Waals surface area (Å²) in [6, 6.07) is 12.1. The SMILES string of the molecule is CNCCc1ccc(S(=O)(=O)Nc2cccc(C)n2)cc1. The first-order valence-electron chi connectivity index (χ1n) is 6.71. The van der Waals surface area contributed by atoms with Gasteiger partial charge in [0.2, 0.25) is 0 Å². The molecule has 1 aromatic carbocycles. The number of pyridine rings is 1. The van der Waals surface area contributed by atoms with Gasteiger partial charge in [0, 0.05) is 5.69 Å². The molecule has 1 heterocycles. The van der Waals surface area contributed by atoms with Crippen LogP contribution in [-0.2, 0) is 16.4 Å². The maximum absolute atomic E-state index is 12.3. The number of nitrogens with one attached hydrogen (secondary N) is 2. The second kappa shape index (κ2) is 6.69. The maximum Gasteiger partial charge on any atom is 0.263 e. The molecule has 0 bridgehead atoms. The zero-order chi connectivity index (χ0) is 15.3. The predicted octanol–water partition coefficient (Wildman–Crippen LogP) is 1.95. The van der Waals surface area contributed by atoms with Crippen LogP contribution < -0.4 is 10.0 Å². The van der Waals surface area contributed by atoms with Gasteiger partial charge in [0.25, 0.3) is 10.0 Å². The zero-order valence-electron chi connectivity index (χ0n) is 12.1. The minimum Gasteiger partial charge on any atom is -0.319 e. The third kappa shape index (κ3) is 4.27. The monoisotopic (exact) mass is 305 g/mol. The number of aromatic nitrogens is 1. The van der Waals surface area contributed by atoms with Crippen molar-refractivity contribution in [2.45, 2.75) is 18.2 Å². The summed E-state index contributed by atoms with van der Waals surface area (Å²) in [6.45, 7) is 2.67. The molecular formula is C15H19N3O2S. The lowest BCUT2D eigenvalue weighted by atomic mass is 10.1. The summed E-state index contributed by atoms with van der Waals surface area (Å²) >= 11 is 0. The quantitative estimate of drug-likeness (QED) is 0.856. The Bertz CT molecular complexity index is 697. The Morgan fingerprint density at radius 2 is 1.81 bits per heavy atom. The van der Waals surface area contributed by atoms with Crippen molar-refractivity contribution in [3.63, 3.8) is 0 Å². The van der Waals surface area contributed by atoms with E-state index in [0.717, 1.165) is 24.2 Å². The van der Waals surface area contributed by atoms with Gasteiger partial charge in [0.15, 0.2) is 0 Å². The summed E-state index contributed by atoms with van der Waals surface area (Å²) in [7, 11) is -1.71. The van der Waals surface area contributed by atoms with E-state index in [9.17, 15) is 8.42 Å². The molecule has 0 aliphatic rings. The largest absolute Gasteiger partial charge is 0.319 e. The van der Waals surface area contributed by atoms with Gasteiger partial charge in [-0.05, 0) is 56.8 Å². The van der Waals surface area contributed by atoms with Crippen molar-refractivity contribution in [1.29, 1.82) is 0 Å². The molecule has 6 heteroatoms. The van der Waals surface area contributed by atoms with Gasteiger partial charge < -0.3 is 5.32 Å². The molecule has 0 amide bonds. The van der Waals surface area contributed by atoms with Gasteiger partial charge in [-0.2, -0.15) is 0 Å². The number of aryl methyl sites for hydroxylation is 1. The molecule has 1 aromatic heterocycles. The van der Waals surface area contributed by atoms with Crippen molar-refractivity contribution in [3.8, 4) is 0 Å². The van der Waals surface area contributed by atoms with Crippen LogP contribution in [0.1, 0.15) is 11.3 Å². The number of sulfonamides is 1. The van der Waals surface area contributed by atoms with E-state index in [1.165, 1.54) is 0 Å². The highest BCUT2D eigenvalue weighted by Crippen LogP contribution is 2.15. The summed E-state index contributed by atoms with van der Waals surface area (Å²) in [4.78, 5) is 4.38. The Kier molecular flexibility index (Phi) is 4.93. The first-order chi connectivity index (χ1) is 10.0. The predicted molar refractivity (Wildman–Crippen MR) is 83.9 cm³/mol. The average Bonchev–Trinajstić information content (AvgIpc) is 2.45. The fraction of sp³-hybridized carbons (Fsp3) is 0.267. The van der Waals surface area contributed by atoms with Crippen LogP contribution in [0.3, 0.4) is 0 Å². The maximum atomic E-state index is 12.3. The van der Waals surface area contributed by atoms with Gasteiger partial charge in [-0.3, -0.25) is 4.72 Å². The van der Waals surface area contributed by atoms with Crippen LogP contribution in [0.5, 0.6) is 0 Å². The molecule has 2 rings (SSSR count). The van der Waals surface area contributed by atoms with E-state index in [2.05, 4.69) is 15.0 Å². The summed E-state index contributed by atoms with van der Waals surface area (Å²) in [6.07, 6.45) is 0.865. The van der Waals surface area contributed by atoms with Crippen molar-refractivity contribution < 1.29 is 8.42 Å². The third-order valence-corrected chi connectivity index (χ3v) is 4.40. The molecule has 0 saturated carbocycles. The van der Waals surface area contributed by atoms with Gasteiger partial charge in [-0.25, -0.2) is 13.4 Å². The van der Waals surface area contributed by atoms with Gasteiger partial charge in [0.1, 0.15) is 5.82 Å². The van der Waals surface area contributed by atoms with Crippen molar-refractivity contribution in [1.82, 2.24) is 10.3 Å². The number of anilines is 1. The Hall–Kier alpha value is -1.92. The number of hydrogen-bond donors (Lipinski definition) is 2. The standard InChI is InChI=1S/C15H19N3O2S/c1-12-4-3-5-15(17-12)18-21(19,20)14-8-6-13(7-9-14)10-11-16-2/h3-9,16H,10-11H2,1-2H3,(H,17,18). The fourth-order valence-corrected chi connectivity index (χ4v) is 2.90. The molecule has 0 radical (unpaired) electrons. The fourth-order valence-electron chi connectivity index (χ4n) is 1.90. The van der Waals surface area contributed by atoms with Crippen molar-refractivity contribution in [3.05, 3.63) is 53.7 Å². The van der Waals surface area contributed by atoms with Crippen LogP contribution in [-0.4, -0.2) is 27.0 Å². The highest BCUT2D eigenvalue weighted by Gasteiger charge is 2.14. The molecule has 0 spiro atoms. The molecular weight excluding hydrogens is 286 g/mol. The topological polar surface area (TPSA) is 71.1 Å². The Morgan fingerprint density at radius 1 is 1.10 bits per heavy atom. The first kappa shape index (κ1) is 15.5. The smallest absolute Gasteiger partial charge is 0.263 e. The van der Waals surface area contributed by atoms with Gasteiger partial charge in [-0.1, -0.05) is 18.2 Å². The van der Waals surface area contributed by atoms with E-state index in [4.69, 9.17) is 0 Å². The highest BCUT2D eigenvalue weighted by atomic mass is 32.2. The third-order valence-electron chi connectivity index (χ3n) is 3.02. The number of benzene rings is 1. The van der Waals surface area contributed by atoms with E-state index in [-0.39, 0.29) is 4.90 Å². The van der Waals surface area contributed by atoms with Crippen molar-refractivity contribution in [2.24, 2.45) is 0 Å². The van der Waals surface area contributed by atoms with Crippen molar-refractivity contribution >= 4 is 15.8 Å². The first-order valence-corrected chi connectivity index (χ1v) is 8.19.